The van der Waals surface area contributed by atoms with Crippen LogP contribution in [0.1, 0.15) is 33.2 Å². The fraction of sp³-hybridized carbons (Fsp3) is 0.0476. The van der Waals surface area contributed by atoms with Crippen LogP contribution in [0.15, 0.2) is 82.6 Å². The van der Waals surface area contributed by atoms with Crippen molar-refractivity contribution in [3.8, 4) is 0 Å². The molecular weight excluding hydrogens is 420 g/mol. The zero-order chi connectivity index (χ0) is 19.9. The van der Waals surface area contributed by atoms with Crippen LogP contribution < -0.4 is 10.7 Å². The van der Waals surface area contributed by atoms with E-state index in [0.29, 0.717) is 22.5 Å². The van der Waals surface area contributed by atoms with E-state index >= 15 is 0 Å². The predicted octanol–water partition coefficient (Wildman–Crippen LogP) is 4.25. The van der Waals surface area contributed by atoms with Crippen molar-refractivity contribution >= 4 is 39.1 Å². The molecule has 3 rings (SSSR count). The van der Waals surface area contributed by atoms with Gasteiger partial charge < -0.3 is 5.32 Å². The molecule has 28 heavy (non-hydrogen) atoms. The fourth-order valence-electron chi connectivity index (χ4n) is 2.39. The Morgan fingerprint density at radius 2 is 1.68 bits per heavy atom. The first-order valence-corrected chi connectivity index (χ1v) is 9.24. The Kier molecular flexibility index (Phi) is 6.29. The fourth-order valence-corrected chi connectivity index (χ4v) is 2.65. The van der Waals surface area contributed by atoms with E-state index in [9.17, 15) is 9.59 Å². The molecule has 140 valence electrons. The van der Waals surface area contributed by atoms with Crippen LogP contribution in [-0.2, 0) is 0 Å². The van der Waals surface area contributed by atoms with Gasteiger partial charge in [0.05, 0.1) is 11.3 Å². The summed E-state index contributed by atoms with van der Waals surface area (Å²) in [7, 11) is 0. The molecule has 2 N–H and O–H groups in total. The highest BCUT2D eigenvalue weighted by molar-refractivity contribution is 9.10. The van der Waals surface area contributed by atoms with Crippen molar-refractivity contribution in [3.05, 3.63) is 94.2 Å². The lowest BCUT2D eigenvalue weighted by Crippen LogP contribution is -2.19. The third-order valence-electron chi connectivity index (χ3n) is 3.89. The number of hydrogen-bond donors (Lipinski definition) is 2. The highest BCUT2D eigenvalue weighted by Gasteiger charge is 2.08. The van der Waals surface area contributed by atoms with Crippen molar-refractivity contribution in [2.45, 2.75) is 6.92 Å². The third kappa shape index (κ3) is 5.11. The van der Waals surface area contributed by atoms with Gasteiger partial charge in [-0.05, 0) is 61.0 Å². The van der Waals surface area contributed by atoms with Crippen LogP contribution in [0.2, 0.25) is 0 Å². The summed E-state index contributed by atoms with van der Waals surface area (Å²) in [6.45, 7) is 1.78. The Hall–Kier alpha value is -3.32. The molecule has 0 aliphatic rings. The quantitative estimate of drug-likeness (QED) is 0.463. The SMILES string of the molecule is C/C(=N/NC(=O)c1ccc(Br)cc1)c1cccc(NC(=O)c2cccnc2)c1. The summed E-state index contributed by atoms with van der Waals surface area (Å²) in [4.78, 5) is 28.4. The first-order valence-electron chi connectivity index (χ1n) is 8.45. The number of amides is 2. The van der Waals surface area contributed by atoms with Gasteiger partial charge in [0.25, 0.3) is 11.8 Å². The van der Waals surface area contributed by atoms with E-state index in [4.69, 9.17) is 0 Å². The second kappa shape index (κ2) is 9.05. The number of aromatic nitrogens is 1. The molecule has 6 nitrogen and oxygen atoms in total. The minimum absolute atomic E-state index is 0.247. The summed E-state index contributed by atoms with van der Waals surface area (Å²) in [6.07, 6.45) is 3.11. The van der Waals surface area contributed by atoms with Gasteiger partial charge in [-0.2, -0.15) is 5.10 Å². The Morgan fingerprint density at radius 3 is 2.39 bits per heavy atom. The molecule has 2 aromatic carbocycles. The molecule has 0 saturated carbocycles. The number of rotatable bonds is 5. The first-order chi connectivity index (χ1) is 13.5. The van der Waals surface area contributed by atoms with Crippen LogP contribution in [0.4, 0.5) is 5.69 Å². The molecule has 0 radical (unpaired) electrons. The van der Waals surface area contributed by atoms with Gasteiger partial charge in [-0.3, -0.25) is 14.6 Å². The van der Waals surface area contributed by atoms with E-state index in [1.54, 1.807) is 61.7 Å². The minimum Gasteiger partial charge on any atom is -0.322 e. The Labute approximate surface area is 170 Å². The van der Waals surface area contributed by atoms with Gasteiger partial charge in [-0.25, -0.2) is 5.43 Å². The van der Waals surface area contributed by atoms with Crippen LogP contribution in [-0.4, -0.2) is 22.5 Å². The number of carbonyl (C=O) groups excluding carboxylic acids is 2. The maximum Gasteiger partial charge on any atom is 0.271 e. The molecule has 0 atom stereocenters. The van der Waals surface area contributed by atoms with Gasteiger partial charge in [0.15, 0.2) is 0 Å². The van der Waals surface area contributed by atoms with Crippen LogP contribution in [0.3, 0.4) is 0 Å². The maximum atomic E-state index is 12.2. The Balaban J connectivity index is 1.68. The number of hydrazone groups is 1. The highest BCUT2D eigenvalue weighted by Crippen LogP contribution is 2.13. The molecule has 7 heteroatoms. The zero-order valence-corrected chi connectivity index (χ0v) is 16.6. The largest absolute Gasteiger partial charge is 0.322 e. The first kappa shape index (κ1) is 19.4. The Bertz CT molecular complexity index is 1020. The average molecular weight is 437 g/mol. The highest BCUT2D eigenvalue weighted by atomic mass is 79.9. The molecule has 0 fully saturated rings. The lowest BCUT2D eigenvalue weighted by atomic mass is 10.1. The van der Waals surface area contributed by atoms with E-state index in [2.05, 4.69) is 36.8 Å². The van der Waals surface area contributed by atoms with E-state index in [1.165, 1.54) is 6.20 Å². The van der Waals surface area contributed by atoms with Gasteiger partial charge in [0.1, 0.15) is 0 Å². The average Bonchev–Trinajstić information content (AvgIpc) is 2.73. The van der Waals surface area contributed by atoms with Gasteiger partial charge in [-0.15, -0.1) is 0 Å². The van der Waals surface area contributed by atoms with Crippen LogP contribution in [0, 0.1) is 0 Å². The normalized spacial score (nSPS) is 11.0. The van der Waals surface area contributed by atoms with Gasteiger partial charge in [-0.1, -0.05) is 28.1 Å². The standard InChI is InChI=1S/C21H17BrN4O2/c1-14(25-26-21(28)15-7-9-18(22)10-8-15)16-4-2-6-19(12-16)24-20(27)17-5-3-11-23-13-17/h2-13H,1H3,(H,24,27)(H,26,28)/b25-14-. The van der Waals surface area contributed by atoms with Crippen molar-refractivity contribution in [2.24, 2.45) is 5.10 Å². The third-order valence-corrected chi connectivity index (χ3v) is 4.42. The number of carbonyl (C=O) groups is 2. The molecule has 0 aliphatic carbocycles. The van der Waals surface area contributed by atoms with Crippen molar-refractivity contribution in [2.75, 3.05) is 5.32 Å². The summed E-state index contributed by atoms with van der Waals surface area (Å²) in [5.74, 6) is -0.545. The molecule has 0 bridgehead atoms. The van der Waals surface area contributed by atoms with Crippen molar-refractivity contribution in [1.82, 2.24) is 10.4 Å². The van der Waals surface area contributed by atoms with Gasteiger partial charge >= 0.3 is 0 Å². The number of halogens is 1. The van der Waals surface area contributed by atoms with Gasteiger partial charge in [0.2, 0.25) is 0 Å². The number of benzene rings is 2. The number of anilines is 1. The Morgan fingerprint density at radius 1 is 0.929 bits per heavy atom. The smallest absolute Gasteiger partial charge is 0.271 e. The second-order valence-corrected chi connectivity index (χ2v) is 6.84. The van der Waals surface area contributed by atoms with Crippen molar-refractivity contribution in [1.29, 1.82) is 0 Å². The molecule has 1 heterocycles. The lowest BCUT2D eigenvalue weighted by molar-refractivity contribution is 0.0954. The zero-order valence-electron chi connectivity index (χ0n) is 15.0. The minimum atomic E-state index is -0.298. The lowest BCUT2D eigenvalue weighted by Gasteiger charge is -2.08. The second-order valence-electron chi connectivity index (χ2n) is 5.92. The summed E-state index contributed by atoms with van der Waals surface area (Å²) in [5.41, 5.74) is 5.54. The van der Waals surface area contributed by atoms with Crippen molar-refractivity contribution < 1.29 is 9.59 Å². The van der Waals surface area contributed by atoms with E-state index in [0.717, 1.165) is 10.0 Å². The van der Waals surface area contributed by atoms with Crippen LogP contribution in [0.5, 0.6) is 0 Å². The summed E-state index contributed by atoms with van der Waals surface area (Å²) < 4.78 is 0.897. The van der Waals surface area contributed by atoms with Crippen LogP contribution in [0.25, 0.3) is 0 Å². The summed E-state index contributed by atoms with van der Waals surface area (Å²) in [5, 5.41) is 6.98. The molecule has 0 aliphatic heterocycles. The summed E-state index contributed by atoms with van der Waals surface area (Å²) >= 11 is 3.33. The molecule has 0 saturated heterocycles. The van der Waals surface area contributed by atoms with E-state index < -0.39 is 0 Å². The van der Waals surface area contributed by atoms with E-state index in [1.807, 2.05) is 12.1 Å². The topological polar surface area (TPSA) is 83.5 Å². The predicted molar refractivity (Wildman–Crippen MR) is 112 cm³/mol. The van der Waals surface area contributed by atoms with E-state index in [-0.39, 0.29) is 11.8 Å². The van der Waals surface area contributed by atoms with Gasteiger partial charge in [0, 0.05) is 28.1 Å². The number of nitrogens with one attached hydrogen (secondary N) is 2. The number of pyridine rings is 1. The summed E-state index contributed by atoms with van der Waals surface area (Å²) in [6, 6.07) is 17.6. The van der Waals surface area contributed by atoms with Crippen molar-refractivity contribution in [3.63, 3.8) is 0 Å². The maximum absolute atomic E-state index is 12.2. The molecule has 3 aromatic rings. The molecule has 0 unspecified atom stereocenters. The van der Waals surface area contributed by atoms with Crippen LogP contribution >= 0.6 is 15.9 Å². The monoisotopic (exact) mass is 436 g/mol. The molecule has 1 aromatic heterocycles. The molecular formula is C21H17BrN4O2. The number of nitrogens with zero attached hydrogens (tertiary/aromatic N) is 2. The molecule has 0 spiro atoms. The number of hydrogen-bond acceptors (Lipinski definition) is 4. The molecule has 2 amide bonds.